The summed E-state index contributed by atoms with van der Waals surface area (Å²) >= 11 is 0. The Morgan fingerprint density at radius 1 is 0.810 bits per heavy atom. The van der Waals surface area contributed by atoms with Gasteiger partial charge in [0.05, 0.1) is 13.2 Å². The highest BCUT2D eigenvalue weighted by Gasteiger charge is 2.67. The van der Waals surface area contributed by atoms with E-state index in [-0.39, 0.29) is 0 Å². The van der Waals surface area contributed by atoms with Gasteiger partial charge in [-0.1, -0.05) is 0 Å². The standard InChI is InChI=1S/C24H32FNO16/c1-10(27)36-8-16(38-12(3)29)19(39-13(4)30)20-18(26-17(33)9-37-11(2)28)21(40-14(5)31)22(25)24(42-20,23(34)35-7)41-15(6)32/h16,18-22H,8-9H2,1-7H3,(H,26,33)/t16-,18+,19-,20-,21-,22-,24?/m1/s1. The van der Waals surface area contributed by atoms with Gasteiger partial charge >= 0.3 is 47.6 Å². The molecule has 1 unspecified atom stereocenters. The molecule has 0 saturated carbocycles. The molecule has 18 heteroatoms. The van der Waals surface area contributed by atoms with Crippen molar-refractivity contribution >= 4 is 47.7 Å². The molecule has 236 valence electrons. The summed E-state index contributed by atoms with van der Waals surface area (Å²) in [5.74, 6) is -12.4. The van der Waals surface area contributed by atoms with Gasteiger partial charge in [0.1, 0.15) is 12.7 Å². The molecule has 0 aromatic heterocycles. The number of carbonyl (C=O) groups is 8. The summed E-state index contributed by atoms with van der Waals surface area (Å²) < 4.78 is 56.3. The largest absolute Gasteiger partial charge is 0.464 e. The first-order valence-electron chi connectivity index (χ1n) is 12.1. The van der Waals surface area contributed by atoms with Gasteiger partial charge in [0, 0.05) is 41.5 Å². The summed E-state index contributed by atoms with van der Waals surface area (Å²) in [6, 6.07) is -1.94. The number of carbonyl (C=O) groups excluding carboxylic acids is 8. The Labute approximate surface area is 238 Å². The number of esters is 7. The van der Waals surface area contributed by atoms with E-state index in [0.717, 1.165) is 48.7 Å². The van der Waals surface area contributed by atoms with Crippen LogP contribution in [-0.4, -0.2) is 110 Å². The molecule has 42 heavy (non-hydrogen) atoms. The molecule has 0 aliphatic carbocycles. The van der Waals surface area contributed by atoms with Crippen molar-refractivity contribution in [2.45, 2.75) is 84.0 Å². The van der Waals surface area contributed by atoms with E-state index in [1.165, 1.54) is 0 Å². The number of methoxy groups -OCH3 is 1. The minimum Gasteiger partial charge on any atom is -0.464 e. The first-order valence-corrected chi connectivity index (χ1v) is 12.1. The summed E-state index contributed by atoms with van der Waals surface area (Å²) in [6.07, 6.45) is -11.0. The lowest BCUT2D eigenvalue weighted by Crippen LogP contribution is -2.74. The number of hydrogen-bond donors (Lipinski definition) is 1. The second kappa shape index (κ2) is 15.6. The van der Waals surface area contributed by atoms with Gasteiger partial charge in [-0.2, -0.15) is 0 Å². The van der Waals surface area contributed by atoms with Crippen LogP contribution in [0.4, 0.5) is 4.39 Å². The quantitative estimate of drug-likeness (QED) is 0.198. The molecule has 1 aliphatic rings. The number of nitrogens with one attached hydrogen (secondary N) is 1. The average molecular weight is 610 g/mol. The number of ether oxygens (including phenoxy) is 8. The minimum atomic E-state index is -3.34. The molecule has 0 bridgehead atoms. The molecule has 0 aromatic rings. The molecular weight excluding hydrogens is 577 g/mol. The topological polar surface area (TPSA) is 222 Å². The molecule has 1 saturated heterocycles. The third-order valence-corrected chi connectivity index (χ3v) is 5.23. The van der Waals surface area contributed by atoms with Crippen molar-refractivity contribution in [3.8, 4) is 0 Å². The molecule has 0 spiro atoms. The van der Waals surface area contributed by atoms with Crippen LogP contribution in [0.5, 0.6) is 0 Å². The van der Waals surface area contributed by atoms with Gasteiger partial charge in [0.25, 0.3) is 5.91 Å². The van der Waals surface area contributed by atoms with Gasteiger partial charge in [-0.15, -0.1) is 0 Å². The first kappa shape index (κ1) is 35.7. The number of amides is 1. The van der Waals surface area contributed by atoms with Crippen LogP contribution in [0, 0.1) is 0 Å². The normalized spacial score (nSPS) is 24.5. The third kappa shape index (κ3) is 9.93. The molecular formula is C24H32FNO16. The van der Waals surface area contributed by atoms with Crippen LogP contribution < -0.4 is 5.32 Å². The van der Waals surface area contributed by atoms with Crippen molar-refractivity contribution in [2.75, 3.05) is 20.3 Å². The van der Waals surface area contributed by atoms with Gasteiger partial charge in [0.2, 0.25) is 6.17 Å². The smallest absolute Gasteiger partial charge is 0.383 e. The highest BCUT2D eigenvalue weighted by molar-refractivity contribution is 5.83. The number of rotatable bonds is 12. The van der Waals surface area contributed by atoms with Crippen molar-refractivity contribution < 1.29 is 80.6 Å². The minimum absolute atomic E-state index is 0.773. The molecule has 1 aliphatic heterocycles. The van der Waals surface area contributed by atoms with E-state index >= 15 is 4.39 Å². The summed E-state index contributed by atoms with van der Waals surface area (Å²) in [5, 5.41) is 2.19. The first-order chi connectivity index (χ1) is 19.4. The molecule has 1 amide bonds. The molecule has 1 heterocycles. The monoisotopic (exact) mass is 609 g/mol. The van der Waals surface area contributed by atoms with Gasteiger partial charge < -0.3 is 43.2 Å². The molecule has 1 fully saturated rings. The maximum atomic E-state index is 16.2. The maximum Gasteiger partial charge on any atom is 0.383 e. The summed E-state index contributed by atoms with van der Waals surface area (Å²) in [7, 11) is 0.776. The zero-order valence-electron chi connectivity index (χ0n) is 23.8. The molecule has 7 atom stereocenters. The number of hydrogen-bond acceptors (Lipinski definition) is 16. The van der Waals surface area contributed by atoms with Crippen LogP contribution in [0.1, 0.15) is 41.5 Å². The van der Waals surface area contributed by atoms with Gasteiger partial charge in [-0.25, -0.2) is 9.18 Å². The number of alkyl halides is 1. The fourth-order valence-corrected chi connectivity index (χ4v) is 3.87. The van der Waals surface area contributed by atoms with Crippen molar-refractivity contribution in [1.29, 1.82) is 0 Å². The van der Waals surface area contributed by atoms with Crippen LogP contribution in [0.2, 0.25) is 0 Å². The summed E-state index contributed by atoms with van der Waals surface area (Å²) in [6.45, 7) is 3.67. The molecule has 17 nitrogen and oxygen atoms in total. The highest BCUT2D eigenvalue weighted by Crippen LogP contribution is 2.39. The summed E-state index contributed by atoms with van der Waals surface area (Å²) in [5.41, 5.74) is 0. The highest BCUT2D eigenvalue weighted by atomic mass is 19.1. The fraction of sp³-hybridized carbons (Fsp3) is 0.667. The van der Waals surface area contributed by atoms with E-state index in [4.69, 9.17) is 28.4 Å². The summed E-state index contributed by atoms with van der Waals surface area (Å²) in [4.78, 5) is 96.5. The van der Waals surface area contributed by atoms with E-state index in [1.807, 2.05) is 0 Å². The predicted octanol–water partition coefficient (Wildman–Crippen LogP) is -1.44. The van der Waals surface area contributed by atoms with E-state index in [0.29, 0.717) is 0 Å². The van der Waals surface area contributed by atoms with Crippen LogP contribution in [0.15, 0.2) is 0 Å². The molecule has 0 aromatic carbocycles. The Bertz CT molecular complexity index is 1080. The third-order valence-electron chi connectivity index (χ3n) is 5.23. The van der Waals surface area contributed by atoms with Gasteiger partial charge in [-0.05, 0) is 0 Å². The zero-order valence-corrected chi connectivity index (χ0v) is 23.8. The van der Waals surface area contributed by atoms with Gasteiger partial charge in [-0.3, -0.25) is 33.6 Å². The lowest BCUT2D eigenvalue weighted by molar-refractivity contribution is -0.326. The van der Waals surface area contributed by atoms with Crippen LogP contribution in [0.25, 0.3) is 0 Å². The fourth-order valence-electron chi connectivity index (χ4n) is 3.87. The molecule has 1 N–H and O–H groups in total. The lowest BCUT2D eigenvalue weighted by Gasteiger charge is -2.49. The Hall–Kier alpha value is -4.35. The Kier molecular flexibility index (Phi) is 13.2. The van der Waals surface area contributed by atoms with Crippen LogP contribution >= 0.6 is 0 Å². The Balaban J connectivity index is 3.98. The second-order valence-corrected chi connectivity index (χ2v) is 8.71. The van der Waals surface area contributed by atoms with Gasteiger partial charge in [0.15, 0.2) is 24.9 Å². The van der Waals surface area contributed by atoms with E-state index < -0.39 is 103 Å². The predicted molar refractivity (Wildman–Crippen MR) is 128 cm³/mol. The van der Waals surface area contributed by atoms with Crippen molar-refractivity contribution in [2.24, 2.45) is 0 Å². The Morgan fingerprint density at radius 2 is 1.38 bits per heavy atom. The van der Waals surface area contributed by atoms with Crippen LogP contribution in [-0.2, 0) is 76.3 Å². The lowest BCUT2D eigenvalue weighted by atomic mass is 9.86. The SMILES string of the molecule is COC(=O)C1(OC(C)=O)O[C@@H]([C@H](OC(C)=O)[C@@H](COC(C)=O)OC(C)=O)[C@H](NC(=O)COC(C)=O)[C@@H](OC(C)=O)[C@H]1F. The Morgan fingerprint density at radius 3 is 1.83 bits per heavy atom. The van der Waals surface area contributed by atoms with E-state index in [9.17, 15) is 38.4 Å². The van der Waals surface area contributed by atoms with E-state index in [2.05, 4.69) is 14.8 Å². The van der Waals surface area contributed by atoms with Crippen molar-refractivity contribution in [1.82, 2.24) is 5.32 Å². The van der Waals surface area contributed by atoms with E-state index in [1.54, 1.807) is 0 Å². The molecule has 1 rings (SSSR count). The number of halogens is 1. The van der Waals surface area contributed by atoms with Crippen molar-refractivity contribution in [3.63, 3.8) is 0 Å². The average Bonchev–Trinajstić information content (AvgIpc) is 2.86. The maximum absolute atomic E-state index is 16.2. The zero-order chi connectivity index (χ0) is 32.4. The second-order valence-electron chi connectivity index (χ2n) is 8.71. The van der Waals surface area contributed by atoms with Crippen LogP contribution in [0.3, 0.4) is 0 Å². The molecule has 0 radical (unpaired) electrons. The van der Waals surface area contributed by atoms with Crippen molar-refractivity contribution in [3.05, 3.63) is 0 Å².